The number of nitrogens with two attached hydrogens (primary N) is 1. The Morgan fingerprint density at radius 2 is 2.00 bits per heavy atom. The second-order valence-corrected chi connectivity index (χ2v) is 4.81. The highest BCUT2D eigenvalue weighted by Crippen LogP contribution is 2.23. The molecule has 0 saturated carbocycles. The maximum Gasteiger partial charge on any atom is 0.234 e. The van der Waals surface area contributed by atoms with Crippen molar-refractivity contribution in [2.24, 2.45) is 11.7 Å². The van der Waals surface area contributed by atoms with Crippen molar-refractivity contribution in [1.29, 1.82) is 0 Å². The summed E-state index contributed by atoms with van der Waals surface area (Å²) >= 11 is 0. The Labute approximate surface area is 103 Å². The molecule has 0 heterocycles. The van der Waals surface area contributed by atoms with Crippen LogP contribution in [0.3, 0.4) is 0 Å². The Kier molecular flexibility index (Phi) is 5.16. The largest absolute Gasteiger partial charge is 0.348 e. The van der Waals surface area contributed by atoms with Crippen LogP contribution in [0.1, 0.15) is 37.4 Å². The topological polar surface area (TPSA) is 55.1 Å². The first kappa shape index (κ1) is 13.7. The molecule has 3 N–H and O–H groups in total. The zero-order chi connectivity index (χ0) is 12.8. The zero-order valence-corrected chi connectivity index (χ0v) is 10.9. The van der Waals surface area contributed by atoms with Crippen LogP contribution in [-0.2, 0) is 4.79 Å². The number of hydrogen-bond acceptors (Lipinski definition) is 2. The normalized spacial score (nSPS) is 12.5. The maximum absolute atomic E-state index is 11.5. The average molecular weight is 234 g/mol. The van der Waals surface area contributed by atoms with Gasteiger partial charge in [-0.15, -0.1) is 0 Å². The molecule has 3 nitrogen and oxygen atoms in total. The number of hydrogen-bond donors (Lipinski definition) is 2. The van der Waals surface area contributed by atoms with Crippen molar-refractivity contribution in [3.05, 3.63) is 35.4 Å². The summed E-state index contributed by atoms with van der Waals surface area (Å²) in [4.78, 5) is 11.5. The van der Waals surface area contributed by atoms with Crippen molar-refractivity contribution >= 4 is 5.91 Å². The number of rotatable bonds is 5. The fourth-order valence-corrected chi connectivity index (χ4v) is 1.97. The van der Waals surface area contributed by atoms with E-state index in [-0.39, 0.29) is 18.5 Å². The smallest absolute Gasteiger partial charge is 0.234 e. The molecule has 17 heavy (non-hydrogen) atoms. The minimum atomic E-state index is -0.0982. The van der Waals surface area contributed by atoms with E-state index in [0.717, 1.165) is 6.42 Å². The fourth-order valence-electron chi connectivity index (χ4n) is 1.97. The third-order valence-electron chi connectivity index (χ3n) is 2.79. The number of carbonyl (C=O) groups excluding carboxylic acids is 1. The highest BCUT2D eigenvalue weighted by Gasteiger charge is 2.16. The monoisotopic (exact) mass is 234 g/mol. The minimum absolute atomic E-state index is 0.0421. The first-order valence-corrected chi connectivity index (χ1v) is 6.09. The second kappa shape index (κ2) is 6.40. The molecule has 3 heteroatoms. The van der Waals surface area contributed by atoms with E-state index in [1.165, 1.54) is 11.1 Å². The van der Waals surface area contributed by atoms with Gasteiger partial charge in [0.1, 0.15) is 0 Å². The Bertz CT molecular complexity index is 374. The molecule has 0 aromatic heterocycles. The van der Waals surface area contributed by atoms with E-state index in [4.69, 9.17) is 5.73 Å². The van der Waals surface area contributed by atoms with Crippen LogP contribution in [0.4, 0.5) is 0 Å². The summed E-state index contributed by atoms with van der Waals surface area (Å²) in [6, 6.07) is 8.21. The Balaban J connectivity index is 2.89. The summed E-state index contributed by atoms with van der Waals surface area (Å²) in [5.74, 6) is 0.427. The molecule has 0 spiro atoms. The lowest BCUT2D eigenvalue weighted by molar-refractivity contribution is -0.120. The van der Waals surface area contributed by atoms with Crippen LogP contribution in [-0.4, -0.2) is 12.5 Å². The molecule has 0 bridgehead atoms. The van der Waals surface area contributed by atoms with Crippen LogP contribution in [0, 0.1) is 12.8 Å². The van der Waals surface area contributed by atoms with Gasteiger partial charge in [-0.25, -0.2) is 0 Å². The molecule has 1 atom stereocenters. The average Bonchev–Trinajstić information content (AvgIpc) is 2.28. The quantitative estimate of drug-likeness (QED) is 0.820. The molecular weight excluding hydrogens is 212 g/mol. The standard InChI is InChI=1S/C14H22N2O/c1-10(2)8-13(16-14(17)9-15)12-7-5-4-6-11(12)3/h4-7,10,13H,8-9,15H2,1-3H3,(H,16,17). The van der Waals surface area contributed by atoms with Crippen LogP contribution >= 0.6 is 0 Å². The Morgan fingerprint density at radius 1 is 1.35 bits per heavy atom. The molecule has 0 aliphatic carbocycles. The molecule has 0 aliphatic rings. The van der Waals surface area contributed by atoms with Crippen LogP contribution in [0.15, 0.2) is 24.3 Å². The molecule has 0 aliphatic heterocycles. The molecule has 1 rings (SSSR count). The highest BCUT2D eigenvalue weighted by atomic mass is 16.1. The summed E-state index contributed by atoms with van der Waals surface area (Å²) in [5, 5.41) is 2.99. The molecule has 0 fully saturated rings. The molecule has 0 radical (unpaired) electrons. The van der Waals surface area contributed by atoms with Crippen molar-refractivity contribution in [3.8, 4) is 0 Å². The van der Waals surface area contributed by atoms with Gasteiger partial charge in [0.25, 0.3) is 0 Å². The van der Waals surface area contributed by atoms with E-state index in [0.29, 0.717) is 5.92 Å². The van der Waals surface area contributed by atoms with Gasteiger partial charge in [0.2, 0.25) is 5.91 Å². The van der Waals surface area contributed by atoms with Crippen molar-refractivity contribution < 1.29 is 4.79 Å². The van der Waals surface area contributed by atoms with E-state index >= 15 is 0 Å². The molecule has 1 amide bonds. The van der Waals surface area contributed by atoms with Crippen LogP contribution in [0.2, 0.25) is 0 Å². The lowest BCUT2D eigenvalue weighted by Gasteiger charge is -2.22. The molecule has 1 aromatic carbocycles. The third-order valence-corrected chi connectivity index (χ3v) is 2.79. The summed E-state index contributed by atoms with van der Waals surface area (Å²) in [5.41, 5.74) is 7.74. The predicted molar refractivity (Wildman–Crippen MR) is 70.6 cm³/mol. The predicted octanol–water partition coefficient (Wildman–Crippen LogP) is 2.16. The number of amides is 1. The van der Waals surface area contributed by atoms with E-state index in [2.05, 4.69) is 38.2 Å². The van der Waals surface area contributed by atoms with Crippen molar-refractivity contribution in [3.63, 3.8) is 0 Å². The highest BCUT2D eigenvalue weighted by molar-refractivity contribution is 5.78. The number of aryl methyl sites for hydroxylation is 1. The van der Waals surface area contributed by atoms with E-state index in [1.54, 1.807) is 0 Å². The van der Waals surface area contributed by atoms with Crippen LogP contribution < -0.4 is 11.1 Å². The second-order valence-electron chi connectivity index (χ2n) is 4.81. The van der Waals surface area contributed by atoms with Gasteiger partial charge in [-0.05, 0) is 30.4 Å². The zero-order valence-electron chi connectivity index (χ0n) is 10.9. The molecular formula is C14H22N2O. The summed E-state index contributed by atoms with van der Waals surface area (Å²) in [6.07, 6.45) is 0.927. The van der Waals surface area contributed by atoms with Gasteiger partial charge in [-0.3, -0.25) is 4.79 Å². The summed E-state index contributed by atoms with van der Waals surface area (Å²) in [7, 11) is 0. The third kappa shape index (κ3) is 4.19. The number of benzene rings is 1. The fraction of sp³-hybridized carbons (Fsp3) is 0.500. The molecule has 1 unspecified atom stereocenters. The van der Waals surface area contributed by atoms with E-state index in [9.17, 15) is 4.79 Å². The van der Waals surface area contributed by atoms with Gasteiger partial charge in [-0.1, -0.05) is 38.1 Å². The summed E-state index contributed by atoms with van der Waals surface area (Å²) < 4.78 is 0. The van der Waals surface area contributed by atoms with Crippen molar-refractivity contribution in [1.82, 2.24) is 5.32 Å². The minimum Gasteiger partial charge on any atom is -0.348 e. The Hall–Kier alpha value is -1.35. The van der Waals surface area contributed by atoms with E-state index < -0.39 is 0 Å². The van der Waals surface area contributed by atoms with Gasteiger partial charge >= 0.3 is 0 Å². The number of nitrogens with one attached hydrogen (secondary N) is 1. The van der Waals surface area contributed by atoms with Crippen LogP contribution in [0.5, 0.6) is 0 Å². The molecule has 0 saturated heterocycles. The first-order chi connectivity index (χ1) is 8.04. The lowest BCUT2D eigenvalue weighted by Crippen LogP contribution is -2.34. The van der Waals surface area contributed by atoms with Gasteiger partial charge in [0.15, 0.2) is 0 Å². The summed E-state index contributed by atoms with van der Waals surface area (Å²) in [6.45, 7) is 6.41. The van der Waals surface area contributed by atoms with Gasteiger partial charge < -0.3 is 11.1 Å². The Morgan fingerprint density at radius 3 is 2.53 bits per heavy atom. The lowest BCUT2D eigenvalue weighted by atomic mass is 9.94. The van der Waals surface area contributed by atoms with Crippen molar-refractivity contribution in [2.45, 2.75) is 33.2 Å². The van der Waals surface area contributed by atoms with Crippen molar-refractivity contribution in [2.75, 3.05) is 6.54 Å². The van der Waals surface area contributed by atoms with Gasteiger partial charge in [0, 0.05) is 0 Å². The van der Waals surface area contributed by atoms with E-state index in [1.807, 2.05) is 12.1 Å². The maximum atomic E-state index is 11.5. The molecule has 1 aromatic rings. The molecule has 94 valence electrons. The first-order valence-electron chi connectivity index (χ1n) is 6.09. The van der Waals surface area contributed by atoms with Gasteiger partial charge in [-0.2, -0.15) is 0 Å². The SMILES string of the molecule is Cc1ccccc1C(CC(C)C)NC(=O)CN. The van der Waals surface area contributed by atoms with Gasteiger partial charge in [0.05, 0.1) is 12.6 Å². The van der Waals surface area contributed by atoms with Crippen LogP contribution in [0.25, 0.3) is 0 Å². The number of carbonyl (C=O) groups is 1.